The first-order valence-corrected chi connectivity index (χ1v) is 7.39. The summed E-state index contributed by atoms with van der Waals surface area (Å²) in [5.41, 5.74) is 4.16. The first-order chi connectivity index (χ1) is 8.72. The van der Waals surface area contributed by atoms with Gasteiger partial charge in [0.05, 0.1) is 0 Å². The van der Waals surface area contributed by atoms with Crippen LogP contribution in [-0.2, 0) is 4.79 Å². The molecule has 2 rings (SSSR count). The molecule has 1 saturated heterocycles. The van der Waals surface area contributed by atoms with Gasteiger partial charge in [-0.1, -0.05) is 37.8 Å². The van der Waals surface area contributed by atoms with Gasteiger partial charge in [0.1, 0.15) is 0 Å². The Morgan fingerprint density at radius 1 is 1.22 bits per heavy atom. The summed E-state index contributed by atoms with van der Waals surface area (Å²) in [6.07, 6.45) is 11.6. The van der Waals surface area contributed by atoms with Crippen molar-refractivity contribution in [2.45, 2.75) is 65.2 Å². The highest BCUT2D eigenvalue weighted by molar-refractivity contribution is 5.82. The lowest BCUT2D eigenvalue weighted by Gasteiger charge is -2.27. The minimum atomic E-state index is 0.320. The average molecular weight is 247 g/mol. The second-order valence-corrected chi connectivity index (χ2v) is 5.60. The molecule has 0 radical (unpaired) electrons. The fourth-order valence-corrected chi connectivity index (χ4v) is 2.99. The summed E-state index contributed by atoms with van der Waals surface area (Å²) in [7, 11) is 0. The second-order valence-electron chi connectivity index (χ2n) is 5.60. The van der Waals surface area contributed by atoms with Crippen LogP contribution in [0.4, 0.5) is 0 Å². The molecule has 0 bridgehead atoms. The van der Waals surface area contributed by atoms with E-state index in [0.717, 1.165) is 25.8 Å². The highest BCUT2D eigenvalue weighted by atomic mass is 16.2. The van der Waals surface area contributed by atoms with E-state index in [1.807, 2.05) is 4.90 Å². The Morgan fingerprint density at radius 2 is 2.06 bits per heavy atom. The summed E-state index contributed by atoms with van der Waals surface area (Å²) in [5.74, 6) is 0.320. The maximum atomic E-state index is 11.8. The van der Waals surface area contributed by atoms with Crippen LogP contribution >= 0.6 is 0 Å². The van der Waals surface area contributed by atoms with Crippen LogP contribution in [0.3, 0.4) is 0 Å². The van der Waals surface area contributed by atoms with E-state index in [-0.39, 0.29) is 0 Å². The number of carbonyl (C=O) groups excluding carboxylic acids is 1. The Balaban J connectivity index is 1.89. The van der Waals surface area contributed by atoms with Gasteiger partial charge in [-0.05, 0) is 38.2 Å². The fourth-order valence-electron chi connectivity index (χ4n) is 2.99. The van der Waals surface area contributed by atoms with Crippen LogP contribution in [0.5, 0.6) is 0 Å². The van der Waals surface area contributed by atoms with Gasteiger partial charge in [0.25, 0.3) is 0 Å². The van der Waals surface area contributed by atoms with Crippen LogP contribution in [-0.4, -0.2) is 17.4 Å². The lowest BCUT2D eigenvalue weighted by atomic mass is 9.97. The number of nitrogens with zero attached hydrogens (tertiary/aromatic N) is 1. The maximum absolute atomic E-state index is 11.8. The summed E-state index contributed by atoms with van der Waals surface area (Å²) in [6, 6.07) is 0. The number of unbranched alkanes of at least 4 members (excludes halogenated alkanes) is 4. The molecule has 0 N–H and O–H groups in total. The SMILES string of the molecule is CCCCCC/C=C1\CC(C)=C2CCC(=O)N2C1. The third-order valence-electron chi connectivity index (χ3n) is 4.04. The number of allylic oxidation sites excluding steroid dienone is 3. The molecule has 2 nitrogen and oxygen atoms in total. The van der Waals surface area contributed by atoms with E-state index in [1.165, 1.54) is 48.9 Å². The molecule has 0 aromatic heterocycles. The van der Waals surface area contributed by atoms with E-state index in [1.54, 1.807) is 0 Å². The molecule has 18 heavy (non-hydrogen) atoms. The Morgan fingerprint density at radius 3 is 2.83 bits per heavy atom. The first kappa shape index (κ1) is 13.4. The summed E-state index contributed by atoms with van der Waals surface area (Å²) in [4.78, 5) is 13.8. The standard InChI is InChI=1S/C16H25NO/c1-3-4-5-6-7-8-14-11-13(2)15-9-10-16(18)17(15)12-14/h8H,3-7,9-12H2,1-2H3/b14-8+. The fraction of sp³-hybridized carbons (Fsp3) is 0.688. The van der Waals surface area contributed by atoms with Crippen molar-refractivity contribution in [1.29, 1.82) is 0 Å². The molecule has 1 amide bonds. The van der Waals surface area contributed by atoms with Gasteiger partial charge in [-0.3, -0.25) is 4.79 Å². The molecular formula is C16H25NO. The van der Waals surface area contributed by atoms with Crippen LogP contribution in [0.1, 0.15) is 65.2 Å². The van der Waals surface area contributed by atoms with Crippen LogP contribution in [0.15, 0.2) is 22.9 Å². The van der Waals surface area contributed by atoms with Gasteiger partial charge in [-0.25, -0.2) is 0 Å². The van der Waals surface area contributed by atoms with E-state index in [9.17, 15) is 4.79 Å². The predicted octanol–water partition coefficient (Wildman–Crippen LogP) is 4.18. The lowest BCUT2D eigenvalue weighted by Crippen LogP contribution is -2.29. The molecule has 1 fully saturated rings. The Hall–Kier alpha value is -1.05. The van der Waals surface area contributed by atoms with E-state index in [2.05, 4.69) is 19.9 Å². The number of amides is 1. The molecule has 0 aliphatic carbocycles. The summed E-state index contributed by atoms with van der Waals surface area (Å²) in [5, 5.41) is 0. The van der Waals surface area contributed by atoms with Crippen molar-refractivity contribution in [2.24, 2.45) is 0 Å². The number of carbonyl (C=O) groups is 1. The molecule has 2 heterocycles. The highest BCUT2D eigenvalue weighted by Gasteiger charge is 2.30. The van der Waals surface area contributed by atoms with Crippen molar-refractivity contribution >= 4 is 5.91 Å². The number of rotatable bonds is 5. The molecule has 0 unspecified atom stereocenters. The highest BCUT2D eigenvalue weighted by Crippen LogP contribution is 2.33. The van der Waals surface area contributed by atoms with Crippen molar-refractivity contribution in [3.05, 3.63) is 22.9 Å². The van der Waals surface area contributed by atoms with E-state index in [0.29, 0.717) is 5.91 Å². The van der Waals surface area contributed by atoms with Gasteiger partial charge < -0.3 is 4.90 Å². The Labute approximate surface area is 111 Å². The molecule has 2 heteroatoms. The number of hydrogen-bond acceptors (Lipinski definition) is 1. The van der Waals surface area contributed by atoms with Gasteiger partial charge in [0.15, 0.2) is 0 Å². The average Bonchev–Trinajstić information content (AvgIpc) is 2.72. The molecular weight excluding hydrogens is 222 g/mol. The number of hydrogen-bond donors (Lipinski definition) is 0. The zero-order valence-electron chi connectivity index (χ0n) is 11.8. The van der Waals surface area contributed by atoms with Crippen LogP contribution in [0.25, 0.3) is 0 Å². The van der Waals surface area contributed by atoms with Crippen molar-refractivity contribution in [1.82, 2.24) is 4.90 Å². The lowest BCUT2D eigenvalue weighted by molar-refractivity contribution is -0.126. The molecule has 100 valence electrons. The normalized spacial score (nSPS) is 22.0. The monoisotopic (exact) mass is 247 g/mol. The topological polar surface area (TPSA) is 20.3 Å². The largest absolute Gasteiger partial charge is 0.312 e. The second kappa shape index (κ2) is 6.21. The maximum Gasteiger partial charge on any atom is 0.227 e. The molecule has 0 aromatic carbocycles. The molecule has 2 aliphatic heterocycles. The zero-order valence-corrected chi connectivity index (χ0v) is 11.8. The van der Waals surface area contributed by atoms with E-state index >= 15 is 0 Å². The van der Waals surface area contributed by atoms with Gasteiger partial charge in [0.2, 0.25) is 5.91 Å². The smallest absolute Gasteiger partial charge is 0.227 e. The Kier molecular flexibility index (Phi) is 4.62. The molecule has 0 aromatic rings. The summed E-state index contributed by atoms with van der Waals surface area (Å²) in [6.45, 7) is 5.29. The predicted molar refractivity (Wildman–Crippen MR) is 75.1 cm³/mol. The van der Waals surface area contributed by atoms with Crippen LogP contribution in [0, 0.1) is 0 Å². The molecule has 0 spiro atoms. The van der Waals surface area contributed by atoms with Crippen LogP contribution in [0.2, 0.25) is 0 Å². The van der Waals surface area contributed by atoms with Gasteiger partial charge in [0, 0.05) is 18.7 Å². The van der Waals surface area contributed by atoms with Crippen molar-refractivity contribution in [2.75, 3.05) is 6.54 Å². The van der Waals surface area contributed by atoms with Gasteiger partial charge >= 0.3 is 0 Å². The van der Waals surface area contributed by atoms with Gasteiger partial charge in [-0.2, -0.15) is 0 Å². The van der Waals surface area contributed by atoms with Gasteiger partial charge in [-0.15, -0.1) is 0 Å². The number of fused-ring (bicyclic) bond motifs is 1. The quantitative estimate of drug-likeness (QED) is 0.527. The summed E-state index contributed by atoms with van der Waals surface area (Å²) >= 11 is 0. The van der Waals surface area contributed by atoms with Crippen molar-refractivity contribution < 1.29 is 4.79 Å². The third kappa shape index (κ3) is 3.04. The minimum Gasteiger partial charge on any atom is -0.312 e. The van der Waals surface area contributed by atoms with Crippen LogP contribution < -0.4 is 0 Å². The molecule has 0 saturated carbocycles. The van der Waals surface area contributed by atoms with Crippen molar-refractivity contribution in [3.63, 3.8) is 0 Å². The summed E-state index contributed by atoms with van der Waals surface area (Å²) < 4.78 is 0. The third-order valence-corrected chi connectivity index (χ3v) is 4.04. The van der Waals surface area contributed by atoms with E-state index in [4.69, 9.17) is 0 Å². The molecule has 0 atom stereocenters. The minimum absolute atomic E-state index is 0.320. The van der Waals surface area contributed by atoms with Crippen molar-refractivity contribution in [3.8, 4) is 0 Å². The Bertz CT molecular complexity index is 379. The van der Waals surface area contributed by atoms with E-state index < -0.39 is 0 Å². The first-order valence-electron chi connectivity index (χ1n) is 7.39. The molecule has 2 aliphatic rings. The zero-order chi connectivity index (χ0) is 13.0.